The van der Waals surface area contributed by atoms with E-state index in [1.54, 1.807) is 19.4 Å². The van der Waals surface area contributed by atoms with E-state index in [1.807, 2.05) is 49.4 Å². The molecule has 0 unspecified atom stereocenters. The van der Waals surface area contributed by atoms with Gasteiger partial charge < -0.3 is 15.4 Å². The Bertz CT molecular complexity index is 1140. The summed E-state index contributed by atoms with van der Waals surface area (Å²) in [5, 5.41) is 8.29. The molecule has 28 heavy (non-hydrogen) atoms. The first-order valence-electron chi connectivity index (χ1n) is 8.68. The van der Waals surface area contributed by atoms with Gasteiger partial charge in [-0.15, -0.1) is 0 Å². The summed E-state index contributed by atoms with van der Waals surface area (Å²) < 4.78 is 5.41. The van der Waals surface area contributed by atoms with Crippen LogP contribution >= 0.6 is 11.6 Å². The van der Waals surface area contributed by atoms with Crippen molar-refractivity contribution in [3.05, 3.63) is 71.6 Å². The lowest BCUT2D eigenvalue weighted by atomic mass is 10.2. The van der Waals surface area contributed by atoms with Gasteiger partial charge in [0.1, 0.15) is 23.7 Å². The van der Waals surface area contributed by atoms with Gasteiger partial charge in [-0.1, -0.05) is 29.8 Å². The highest BCUT2D eigenvalue weighted by atomic mass is 35.5. The SMILES string of the molecule is COc1cc(Cl)c(C)cc1Nc1cc(Nc2cccc3cccnc23)ncn1. The third-order valence-electron chi connectivity index (χ3n) is 4.31. The van der Waals surface area contributed by atoms with E-state index in [0.29, 0.717) is 22.4 Å². The molecule has 0 aliphatic rings. The quantitative estimate of drug-likeness (QED) is 0.469. The van der Waals surface area contributed by atoms with Gasteiger partial charge in [0, 0.05) is 28.7 Å². The van der Waals surface area contributed by atoms with Crippen LogP contribution in [0.1, 0.15) is 5.56 Å². The van der Waals surface area contributed by atoms with Crippen LogP contribution in [0.2, 0.25) is 5.02 Å². The number of fused-ring (bicyclic) bond motifs is 1. The second kappa shape index (κ2) is 7.70. The van der Waals surface area contributed by atoms with E-state index in [-0.39, 0.29) is 0 Å². The molecule has 2 aromatic carbocycles. The maximum absolute atomic E-state index is 6.18. The minimum atomic E-state index is 0.630. The van der Waals surface area contributed by atoms with Crippen molar-refractivity contribution in [2.24, 2.45) is 0 Å². The number of para-hydroxylation sites is 1. The zero-order valence-corrected chi connectivity index (χ0v) is 16.2. The van der Waals surface area contributed by atoms with Crippen LogP contribution in [0.4, 0.5) is 23.0 Å². The molecule has 0 bridgehead atoms. The number of hydrogen-bond donors (Lipinski definition) is 2. The Balaban J connectivity index is 1.63. The number of benzene rings is 2. The van der Waals surface area contributed by atoms with Crippen molar-refractivity contribution in [3.63, 3.8) is 0 Å². The second-order valence-electron chi connectivity index (χ2n) is 6.22. The zero-order valence-electron chi connectivity index (χ0n) is 15.4. The molecule has 0 aliphatic carbocycles. The summed E-state index contributed by atoms with van der Waals surface area (Å²) >= 11 is 6.18. The third kappa shape index (κ3) is 3.68. The predicted octanol–water partition coefficient (Wildman–Crippen LogP) is 5.48. The number of anilines is 4. The van der Waals surface area contributed by atoms with Gasteiger partial charge in [-0.25, -0.2) is 9.97 Å². The van der Waals surface area contributed by atoms with Crippen LogP contribution < -0.4 is 15.4 Å². The number of rotatable bonds is 5. The van der Waals surface area contributed by atoms with Gasteiger partial charge in [-0.2, -0.15) is 0 Å². The van der Waals surface area contributed by atoms with Crippen molar-refractivity contribution in [2.75, 3.05) is 17.7 Å². The fourth-order valence-electron chi connectivity index (χ4n) is 2.90. The summed E-state index contributed by atoms with van der Waals surface area (Å²) in [4.78, 5) is 13.1. The third-order valence-corrected chi connectivity index (χ3v) is 4.71. The standard InChI is InChI=1S/C21H18ClN5O/c1-13-9-17(18(28-2)10-15(13)22)27-20-11-19(24-12-25-20)26-16-7-3-5-14-6-4-8-23-21(14)16/h3-12H,1-2H3,(H2,24,25,26,27). The molecule has 2 N–H and O–H groups in total. The highest BCUT2D eigenvalue weighted by Gasteiger charge is 2.09. The number of aryl methyl sites for hydroxylation is 1. The van der Waals surface area contributed by atoms with E-state index in [0.717, 1.165) is 27.8 Å². The molecule has 0 saturated carbocycles. The average molecular weight is 392 g/mol. The van der Waals surface area contributed by atoms with E-state index in [9.17, 15) is 0 Å². The summed E-state index contributed by atoms with van der Waals surface area (Å²) in [7, 11) is 1.60. The molecule has 2 aromatic heterocycles. The van der Waals surface area contributed by atoms with Crippen molar-refractivity contribution in [2.45, 2.75) is 6.92 Å². The Morgan fingerprint density at radius 2 is 1.64 bits per heavy atom. The van der Waals surface area contributed by atoms with E-state index in [4.69, 9.17) is 16.3 Å². The second-order valence-corrected chi connectivity index (χ2v) is 6.63. The van der Waals surface area contributed by atoms with Crippen LogP contribution in [-0.4, -0.2) is 22.1 Å². The molecule has 0 atom stereocenters. The topological polar surface area (TPSA) is 72.0 Å². The number of pyridine rings is 1. The molecule has 0 amide bonds. The molecular formula is C21H18ClN5O. The predicted molar refractivity (Wildman–Crippen MR) is 113 cm³/mol. The minimum absolute atomic E-state index is 0.630. The average Bonchev–Trinajstić information content (AvgIpc) is 2.71. The first-order chi connectivity index (χ1) is 13.6. The van der Waals surface area contributed by atoms with Crippen molar-refractivity contribution in [1.29, 1.82) is 0 Å². The molecule has 4 aromatic rings. The van der Waals surface area contributed by atoms with Gasteiger partial charge >= 0.3 is 0 Å². The van der Waals surface area contributed by atoms with Gasteiger partial charge in [0.25, 0.3) is 0 Å². The molecule has 7 heteroatoms. The minimum Gasteiger partial charge on any atom is -0.495 e. The highest BCUT2D eigenvalue weighted by Crippen LogP contribution is 2.33. The van der Waals surface area contributed by atoms with Crippen molar-refractivity contribution >= 4 is 45.5 Å². The maximum atomic E-state index is 6.18. The lowest BCUT2D eigenvalue weighted by molar-refractivity contribution is 0.416. The number of hydrogen-bond acceptors (Lipinski definition) is 6. The fourth-order valence-corrected chi connectivity index (χ4v) is 3.06. The number of nitrogens with one attached hydrogen (secondary N) is 2. The fraction of sp³-hybridized carbons (Fsp3) is 0.0952. The summed E-state index contributed by atoms with van der Waals surface area (Å²) in [6.07, 6.45) is 3.27. The zero-order chi connectivity index (χ0) is 19.5. The van der Waals surface area contributed by atoms with Crippen molar-refractivity contribution in [1.82, 2.24) is 15.0 Å². The number of methoxy groups -OCH3 is 1. The van der Waals surface area contributed by atoms with Crippen LogP contribution in [0.5, 0.6) is 5.75 Å². The number of aromatic nitrogens is 3. The number of ether oxygens (including phenoxy) is 1. The van der Waals surface area contributed by atoms with Crippen molar-refractivity contribution < 1.29 is 4.74 Å². The number of halogens is 1. The normalized spacial score (nSPS) is 10.7. The molecule has 2 heterocycles. The van der Waals surface area contributed by atoms with Crippen LogP contribution in [0.25, 0.3) is 10.9 Å². The highest BCUT2D eigenvalue weighted by molar-refractivity contribution is 6.31. The van der Waals surface area contributed by atoms with E-state index < -0.39 is 0 Å². The maximum Gasteiger partial charge on any atom is 0.143 e. The smallest absolute Gasteiger partial charge is 0.143 e. The Labute approximate surface area is 167 Å². The van der Waals surface area contributed by atoms with Gasteiger partial charge in [-0.3, -0.25) is 4.98 Å². The van der Waals surface area contributed by atoms with E-state index in [2.05, 4.69) is 25.6 Å². The molecule has 0 spiro atoms. The summed E-state index contributed by atoms with van der Waals surface area (Å²) in [6.45, 7) is 1.94. The molecule has 0 saturated heterocycles. The summed E-state index contributed by atoms with van der Waals surface area (Å²) in [5.41, 5.74) is 3.48. The van der Waals surface area contributed by atoms with Crippen LogP contribution in [-0.2, 0) is 0 Å². The van der Waals surface area contributed by atoms with Gasteiger partial charge in [-0.05, 0) is 30.7 Å². The molecular weight excluding hydrogens is 374 g/mol. The molecule has 6 nitrogen and oxygen atoms in total. The van der Waals surface area contributed by atoms with Gasteiger partial charge in [0.05, 0.1) is 24.0 Å². The van der Waals surface area contributed by atoms with Gasteiger partial charge in [0.2, 0.25) is 0 Å². The Hall–Kier alpha value is -3.38. The molecule has 0 aliphatic heterocycles. The Kier molecular flexibility index (Phi) is 4.95. The summed E-state index contributed by atoms with van der Waals surface area (Å²) in [6, 6.07) is 15.4. The van der Waals surface area contributed by atoms with Gasteiger partial charge in [0.15, 0.2) is 0 Å². The lowest BCUT2D eigenvalue weighted by Crippen LogP contribution is -2.01. The van der Waals surface area contributed by atoms with Crippen molar-refractivity contribution in [3.8, 4) is 5.75 Å². The molecule has 4 rings (SSSR count). The van der Waals surface area contributed by atoms with Crippen LogP contribution in [0.15, 0.2) is 61.1 Å². The van der Waals surface area contributed by atoms with Crippen LogP contribution in [0, 0.1) is 6.92 Å². The molecule has 140 valence electrons. The van der Waals surface area contributed by atoms with E-state index in [1.165, 1.54) is 6.33 Å². The molecule has 0 radical (unpaired) electrons. The Morgan fingerprint density at radius 3 is 2.43 bits per heavy atom. The largest absolute Gasteiger partial charge is 0.495 e. The first-order valence-corrected chi connectivity index (χ1v) is 9.06. The lowest BCUT2D eigenvalue weighted by Gasteiger charge is -2.13. The van der Waals surface area contributed by atoms with E-state index >= 15 is 0 Å². The molecule has 0 fully saturated rings. The monoisotopic (exact) mass is 391 g/mol. The summed E-state index contributed by atoms with van der Waals surface area (Å²) in [5.74, 6) is 1.92. The number of nitrogens with zero attached hydrogens (tertiary/aromatic N) is 3. The van der Waals surface area contributed by atoms with Crippen LogP contribution in [0.3, 0.4) is 0 Å². The first kappa shape index (κ1) is 18.0. The Morgan fingerprint density at radius 1 is 0.893 bits per heavy atom.